The standard InChI is InChI=1S/C19H12F4N2O2S/c20-12-4-7-15(21)14(9-12)16-10-28-19(24-16)25-17(26)8-3-11-1-5-13(6-2-11)27-18(22)23/h1-10,18H,(H,24,25,26)/b8-3+. The fourth-order valence-electron chi connectivity index (χ4n) is 2.23. The van der Waals surface area contributed by atoms with E-state index in [2.05, 4.69) is 15.0 Å². The molecule has 0 aliphatic rings. The molecule has 1 heterocycles. The van der Waals surface area contributed by atoms with Gasteiger partial charge in [0.25, 0.3) is 0 Å². The molecular formula is C19H12F4N2O2S. The summed E-state index contributed by atoms with van der Waals surface area (Å²) in [4.78, 5) is 16.1. The number of carbonyl (C=O) groups excluding carboxylic acids is 1. The van der Waals surface area contributed by atoms with Crippen LogP contribution in [0.5, 0.6) is 5.75 Å². The van der Waals surface area contributed by atoms with E-state index >= 15 is 0 Å². The molecular weight excluding hydrogens is 396 g/mol. The quantitative estimate of drug-likeness (QED) is 0.442. The Hall–Kier alpha value is -3.20. The number of amides is 1. The van der Waals surface area contributed by atoms with Gasteiger partial charge in [-0.05, 0) is 42.0 Å². The Morgan fingerprint density at radius 2 is 1.89 bits per heavy atom. The minimum absolute atomic E-state index is 0.00148. The topological polar surface area (TPSA) is 51.2 Å². The zero-order chi connectivity index (χ0) is 20.1. The number of thiazole rings is 1. The zero-order valence-corrected chi connectivity index (χ0v) is 14.9. The number of hydrogen-bond acceptors (Lipinski definition) is 4. The highest BCUT2D eigenvalue weighted by Gasteiger charge is 2.11. The molecule has 1 N–H and O–H groups in total. The molecule has 9 heteroatoms. The highest BCUT2D eigenvalue weighted by Crippen LogP contribution is 2.27. The maximum absolute atomic E-state index is 13.8. The Labute approximate surface area is 161 Å². The number of ether oxygens (including phenoxy) is 1. The van der Waals surface area contributed by atoms with E-state index in [0.717, 1.165) is 29.5 Å². The molecule has 144 valence electrons. The van der Waals surface area contributed by atoms with Gasteiger partial charge in [0.1, 0.15) is 17.4 Å². The SMILES string of the molecule is O=C(/C=C/c1ccc(OC(F)F)cc1)Nc1nc(-c2cc(F)ccc2F)cs1. The Balaban J connectivity index is 1.63. The van der Waals surface area contributed by atoms with Crippen LogP contribution in [-0.4, -0.2) is 17.5 Å². The second-order valence-electron chi connectivity index (χ2n) is 5.43. The summed E-state index contributed by atoms with van der Waals surface area (Å²) in [5.74, 6) is -1.70. The largest absolute Gasteiger partial charge is 0.435 e. The summed E-state index contributed by atoms with van der Waals surface area (Å²) in [7, 11) is 0. The minimum Gasteiger partial charge on any atom is -0.435 e. The number of aromatic nitrogens is 1. The smallest absolute Gasteiger partial charge is 0.387 e. The Kier molecular flexibility index (Phi) is 6.05. The van der Waals surface area contributed by atoms with E-state index in [4.69, 9.17) is 0 Å². The van der Waals surface area contributed by atoms with E-state index in [1.54, 1.807) is 0 Å². The third-order valence-electron chi connectivity index (χ3n) is 3.47. The van der Waals surface area contributed by atoms with E-state index in [0.29, 0.717) is 5.56 Å². The van der Waals surface area contributed by atoms with Gasteiger partial charge in [0.15, 0.2) is 5.13 Å². The maximum atomic E-state index is 13.8. The molecule has 0 aliphatic carbocycles. The number of carbonyl (C=O) groups is 1. The van der Waals surface area contributed by atoms with Crippen LogP contribution in [-0.2, 0) is 4.79 Å². The van der Waals surface area contributed by atoms with E-state index in [1.165, 1.54) is 41.8 Å². The summed E-state index contributed by atoms with van der Waals surface area (Å²) in [6, 6.07) is 8.75. The van der Waals surface area contributed by atoms with Crippen LogP contribution in [0.4, 0.5) is 22.7 Å². The van der Waals surface area contributed by atoms with Gasteiger partial charge in [0.2, 0.25) is 5.91 Å². The summed E-state index contributed by atoms with van der Waals surface area (Å²) in [5, 5.41) is 4.23. The molecule has 0 atom stereocenters. The molecule has 0 saturated carbocycles. The van der Waals surface area contributed by atoms with Gasteiger partial charge < -0.3 is 4.74 Å². The van der Waals surface area contributed by atoms with Crippen molar-refractivity contribution in [2.45, 2.75) is 6.61 Å². The van der Waals surface area contributed by atoms with Crippen molar-refractivity contribution in [2.75, 3.05) is 5.32 Å². The van der Waals surface area contributed by atoms with Gasteiger partial charge in [0.05, 0.1) is 5.69 Å². The molecule has 0 bridgehead atoms. The van der Waals surface area contributed by atoms with Gasteiger partial charge >= 0.3 is 6.61 Å². The normalized spacial score (nSPS) is 11.2. The molecule has 2 aromatic carbocycles. The second-order valence-corrected chi connectivity index (χ2v) is 6.29. The van der Waals surface area contributed by atoms with Crippen molar-refractivity contribution in [2.24, 2.45) is 0 Å². The predicted molar refractivity (Wildman–Crippen MR) is 98.2 cm³/mol. The van der Waals surface area contributed by atoms with Crippen molar-refractivity contribution in [3.05, 3.63) is 71.1 Å². The van der Waals surface area contributed by atoms with Crippen LogP contribution in [0.1, 0.15) is 5.56 Å². The average Bonchev–Trinajstić information content (AvgIpc) is 3.11. The van der Waals surface area contributed by atoms with Crippen LogP contribution < -0.4 is 10.1 Å². The van der Waals surface area contributed by atoms with Gasteiger partial charge in [-0.15, -0.1) is 11.3 Å². The molecule has 1 amide bonds. The van der Waals surface area contributed by atoms with Gasteiger partial charge in [-0.3, -0.25) is 10.1 Å². The maximum Gasteiger partial charge on any atom is 0.387 e. The first kappa shape index (κ1) is 19.6. The van der Waals surface area contributed by atoms with Crippen molar-refractivity contribution >= 4 is 28.5 Å². The van der Waals surface area contributed by atoms with Crippen LogP contribution >= 0.6 is 11.3 Å². The molecule has 3 aromatic rings. The fraction of sp³-hybridized carbons (Fsp3) is 0.0526. The number of benzene rings is 2. The first-order valence-corrected chi connectivity index (χ1v) is 8.73. The molecule has 0 radical (unpaired) electrons. The predicted octanol–water partition coefficient (Wildman–Crippen LogP) is 5.34. The number of nitrogens with one attached hydrogen (secondary N) is 1. The van der Waals surface area contributed by atoms with Crippen molar-refractivity contribution in [1.29, 1.82) is 0 Å². The molecule has 0 saturated heterocycles. The lowest BCUT2D eigenvalue weighted by atomic mass is 10.1. The molecule has 0 spiro atoms. The third-order valence-corrected chi connectivity index (χ3v) is 4.23. The van der Waals surface area contributed by atoms with E-state index in [9.17, 15) is 22.4 Å². The van der Waals surface area contributed by atoms with Crippen LogP contribution in [0.15, 0.2) is 53.9 Å². The Morgan fingerprint density at radius 1 is 1.14 bits per heavy atom. The first-order valence-electron chi connectivity index (χ1n) is 7.85. The molecule has 1 aromatic heterocycles. The summed E-state index contributed by atoms with van der Waals surface area (Å²) >= 11 is 1.06. The van der Waals surface area contributed by atoms with Crippen molar-refractivity contribution in [1.82, 2.24) is 4.98 Å². The average molecular weight is 408 g/mol. The lowest BCUT2D eigenvalue weighted by Crippen LogP contribution is -2.07. The summed E-state index contributed by atoms with van der Waals surface area (Å²) < 4.78 is 55.5. The number of rotatable bonds is 6. The third kappa shape index (κ3) is 5.17. The first-order chi connectivity index (χ1) is 13.4. The number of hydrogen-bond donors (Lipinski definition) is 1. The Bertz CT molecular complexity index is 1000. The highest BCUT2D eigenvalue weighted by atomic mass is 32.1. The number of nitrogens with zero attached hydrogens (tertiary/aromatic N) is 1. The minimum atomic E-state index is -2.91. The molecule has 28 heavy (non-hydrogen) atoms. The molecule has 0 aliphatic heterocycles. The number of halogens is 4. The van der Waals surface area contributed by atoms with Crippen molar-refractivity contribution < 1.29 is 27.1 Å². The van der Waals surface area contributed by atoms with Gasteiger partial charge in [-0.25, -0.2) is 13.8 Å². The van der Waals surface area contributed by atoms with Gasteiger partial charge in [-0.2, -0.15) is 8.78 Å². The van der Waals surface area contributed by atoms with Gasteiger partial charge in [-0.1, -0.05) is 12.1 Å². The van der Waals surface area contributed by atoms with Crippen molar-refractivity contribution in [3.63, 3.8) is 0 Å². The number of anilines is 1. The Morgan fingerprint density at radius 3 is 2.61 bits per heavy atom. The fourth-order valence-corrected chi connectivity index (χ4v) is 2.94. The zero-order valence-electron chi connectivity index (χ0n) is 14.0. The van der Waals surface area contributed by atoms with Gasteiger partial charge in [0, 0.05) is 17.0 Å². The summed E-state index contributed by atoms with van der Waals surface area (Å²) in [6.07, 6.45) is 2.70. The molecule has 0 fully saturated rings. The van der Waals surface area contributed by atoms with Crippen LogP contribution in [0.3, 0.4) is 0 Å². The van der Waals surface area contributed by atoms with Crippen molar-refractivity contribution in [3.8, 4) is 17.0 Å². The molecule has 3 rings (SSSR count). The van der Waals surface area contributed by atoms with Crippen LogP contribution in [0.2, 0.25) is 0 Å². The summed E-state index contributed by atoms with van der Waals surface area (Å²) in [6.45, 7) is -2.91. The highest BCUT2D eigenvalue weighted by molar-refractivity contribution is 7.14. The lowest BCUT2D eigenvalue weighted by molar-refractivity contribution is -0.111. The summed E-state index contributed by atoms with van der Waals surface area (Å²) in [5.41, 5.74) is 0.799. The molecule has 4 nitrogen and oxygen atoms in total. The molecule has 0 unspecified atom stereocenters. The lowest BCUT2D eigenvalue weighted by Gasteiger charge is -2.03. The van der Waals surface area contributed by atoms with Crippen LogP contribution in [0.25, 0.3) is 17.3 Å². The van der Waals surface area contributed by atoms with E-state index in [-0.39, 0.29) is 22.1 Å². The van der Waals surface area contributed by atoms with Crippen LogP contribution in [0, 0.1) is 11.6 Å². The second kappa shape index (κ2) is 8.66. The van der Waals surface area contributed by atoms with E-state index < -0.39 is 24.2 Å². The number of alkyl halides is 2. The van der Waals surface area contributed by atoms with E-state index in [1.807, 2.05) is 0 Å². The monoisotopic (exact) mass is 408 g/mol.